The molecule has 2 amide bonds. The summed E-state index contributed by atoms with van der Waals surface area (Å²) in [7, 11) is 1.63. The predicted octanol–water partition coefficient (Wildman–Crippen LogP) is 0.592. The highest BCUT2D eigenvalue weighted by Crippen LogP contribution is 2.17. The molecule has 5 nitrogen and oxygen atoms in total. The average Bonchev–Trinajstić information content (AvgIpc) is 2.70. The van der Waals surface area contributed by atoms with Gasteiger partial charge in [-0.3, -0.25) is 0 Å². The molecular weight excluding hydrogens is 206 g/mol. The maximum absolute atomic E-state index is 11.4. The van der Waals surface area contributed by atoms with Crippen LogP contribution in [0.3, 0.4) is 0 Å². The third kappa shape index (κ3) is 5.32. The number of nitrogens with one attached hydrogen (secondary N) is 2. The van der Waals surface area contributed by atoms with Crippen LogP contribution in [0, 0.1) is 0 Å². The van der Waals surface area contributed by atoms with Crippen molar-refractivity contribution in [1.29, 1.82) is 0 Å². The highest BCUT2D eigenvalue weighted by molar-refractivity contribution is 5.74. The molecule has 0 aromatic carbocycles. The molecule has 1 fully saturated rings. The summed E-state index contributed by atoms with van der Waals surface area (Å²) in [6.45, 7) is 1.13. The van der Waals surface area contributed by atoms with Crippen molar-refractivity contribution in [1.82, 2.24) is 10.6 Å². The number of rotatable bonds is 6. The molecule has 0 aromatic heterocycles. The molecule has 0 aliphatic heterocycles. The SMILES string of the molecule is COCC(N)CCNC(=O)NC1CCCC1. The van der Waals surface area contributed by atoms with Crippen molar-refractivity contribution in [3.05, 3.63) is 0 Å². The summed E-state index contributed by atoms with van der Waals surface area (Å²) in [5.74, 6) is 0. The fourth-order valence-electron chi connectivity index (χ4n) is 1.98. The fourth-order valence-corrected chi connectivity index (χ4v) is 1.98. The van der Waals surface area contributed by atoms with Crippen LogP contribution >= 0.6 is 0 Å². The zero-order chi connectivity index (χ0) is 11.8. The first kappa shape index (κ1) is 13.3. The first-order valence-corrected chi connectivity index (χ1v) is 6.01. The minimum absolute atomic E-state index is 0.00298. The number of hydrogen-bond acceptors (Lipinski definition) is 3. The van der Waals surface area contributed by atoms with Gasteiger partial charge in [0.1, 0.15) is 0 Å². The van der Waals surface area contributed by atoms with Gasteiger partial charge in [-0.05, 0) is 19.3 Å². The van der Waals surface area contributed by atoms with Gasteiger partial charge in [0.15, 0.2) is 0 Å². The lowest BCUT2D eigenvalue weighted by atomic mass is 10.2. The van der Waals surface area contributed by atoms with E-state index in [0.717, 1.165) is 19.3 Å². The molecule has 1 atom stereocenters. The molecule has 0 saturated heterocycles. The topological polar surface area (TPSA) is 76.4 Å². The summed E-state index contributed by atoms with van der Waals surface area (Å²) in [4.78, 5) is 11.4. The van der Waals surface area contributed by atoms with Gasteiger partial charge in [-0.15, -0.1) is 0 Å². The maximum atomic E-state index is 11.4. The molecule has 1 unspecified atom stereocenters. The molecule has 0 heterocycles. The smallest absolute Gasteiger partial charge is 0.315 e. The number of amides is 2. The van der Waals surface area contributed by atoms with Gasteiger partial charge in [0.25, 0.3) is 0 Å². The number of carbonyl (C=O) groups excluding carboxylic acids is 1. The summed E-state index contributed by atoms with van der Waals surface area (Å²) < 4.78 is 4.92. The molecule has 1 aliphatic carbocycles. The Morgan fingerprint density at radius 3 is 2.81 bits per heavy atom. The monoisotopic (exact) mass is 229 g/mol. The zero-order valence-corrected chi connectivity index (χ0v) is 10.00. The average molecular weight is 229 g/mol. The molecule has 4 N–H and O–H groups in total. The molecular formula is C11H23N3O2. The summed E-state index contributed by atoms with van der Waals surface area (Å²) in [6.07, 6.45) is 5.41. The molecule has 94 valence electrons. The van der Waals surface area contributed by atoms with E-state index in [0.29, 0.717) is 19.2 Å². The van der Waals surface area contributed by atoms with E-state index in [4.69, 9.17) is 10.5 Å². The van der Waals surface area contributed by atoms with Crippen molar-refractivity contribution >= 4 is 6.03 Å². The summed E-state index contributed by atoms with van der Waals surface area (Å²) >= 11 is 0. The van der Waals surface area contributed by atoms with E-state index in [1.165, 1.54) is 12.8 Å². The number of carbonyl (C=O) groups is 1. The Labute approximate surface area is 97.1 Å². The van der Waals surface area contributed by atoms with Crippen LogP contribution in [-0.4, -0.2) is 38.4 Å². The Kier molecular flexibility index (Phi) is 6.18. The van der Waals surface area contributed by atoms with Crippen LogP contribution in [0.15, 0.2) is 0 Å². The number of nitrogens with two attached hydrogens (primary N) is 1. The second-order valence-electron chi connectivity index (χ2n) is 4.39. The first-order chi connectivity index (χ1) is 7.72. The fraction of sp³-hybridized carbons (Fsp3) is 0.909. The van der Waals surface area contributed by atoms with Crippen LogP contribution in [0.4, 0.5) is 4.79 Å². The van der Waals surface area contributed by atoms with Crippen molar-refractivity contribution in [3.63, 3.8) is 0 Å². The second-order valence-corrected chi connectivity index (χ2v) is 4.39. The summed E-state index contributed by atoms with van der Waals surface area (Å²) in [6, 6.07) is 0.293. The van der Waals surface area contributed by atoms with E-state index in [1.54, 1.807) is 7.11 Å². The van der Waals surface area contributed by atoms with Crippen LogP contribution in [-0.2, 0) is 4.74 Å². The number of ether oxygens (including phenoxy) is 1. The molecule has 16 heavy (non-hydrogen) atoms. The van der Waals surface area contributed by atoms with E-state index in [1.807, 2.05) is 0 Å². The normalized spacial score (nSPS) is 18.4. The molecule has 1 saturated carbocycles. The van der Waals surface area contributed by atoms with E-state index < -0.39 is 0 Å². The maximum Gasteiger partial charge on any atom is 0.315 e. The van der Waals surface area contributed by atoms with Crippen LogP contribution in [0.1, 0.15) is 32.1 Å². The van der Waals surface area contributed by atoms with Crippen molar-refractivity contribution in [2.24, 2.45) is 5.73 Å². The Morgan fingerprint density at radius 2 is 2.19 bits per heavy atom. The van der Waals surface area contributed by atoms with Gasteiger partial charge in [0, 0.05) is 25.7 Å². The van der Waals surface area contributed by atoms with Gasteiger partial charge < -0.3 is 21.1 Å². The predicted molar refractivity (Wildman–Crippen MR) is 63.3 cm³/mol. The second kappa shape index (κ2) is 7.46. The van der Waals surface area contributed by atoms with Gasteiger partial charge in [-0.25, -0.2) is 4.79 Å². The number of urea groups is 1. The quantitative estimate of drug-likeness (QED) is 0.624. The Bertz CT molecular complexity index is 205. The highest BCUT2D eigenvalue weighted by atomic mass is 16.5. The molecule has 0 spiro atoms. The van der Waals surface area contributed by atoms with E-state index in [-0.39, 0.29) is 12.1 Å². The van der Waals surface area contributed by atoms with Crippen LogP contribution < -0.4 is 16.4 Å². The van der Waals surface area contributed by atoms with Gasteiger partial charge in [-0.1, -0.05) is 12.8 Å². The molecule has 0 aromatic rings. The Hall–Kier alpha value is -0.810. The molecule has 0 radical (unpaired) electrons. The first-order valence-electron chi connectivity index (χ1n) is 6.01. The lowest BCUT2D eigenvalue weighted by molar-refractivity contribution is 0.176. The number of methoxy groups -OCH3 is 1. The van der Waals surface area contributed by atoms with Gasteiger partial charge in [-0.2, -0.15) is 0 Å². The Balaban J connectivity index is 2.01. The van der Waals surface area contributed by atoms with Crippen LogP contribution in [0.2, 0.25) is 0 Å². The van der Waals surface area contributed by atoms with Crippen molar-refractivity contribution in [2.45, 2.75) is 44.2 Å². The van der Waals surface area contributed by atoms with Gasteiger partial charge in [0.2, 0.25) is 0 Å². The third-order valence-corrected chi connectivity index (χ3v) is 2.87. The minimum atomic E-state index is -0.0727. The standard InChI is InChI=1S/C11H23N3O2/c1-16-8-9(12)6-7-13-11(15)14-10-4-2-3-5-10/h9-10H,2-8,12H2,1H3,(H2,13,14,15). The van der Waals surface area contributed by atoms with E-state index in [9.17, 15) is 4.79 Å². The van der Waals surface area contributed by atoms with E-state index in [2.05, 4.69) is 10.6 Å². The van der Waals surface area contributed by atoms with Gasteiger partial charge >= 0.3 is 6.03 Å². The molecule has 1 aliphatic rings. The number of hydrogen-bond donors (Lipinski definition) is 3. The lowest BCUT2D eigenvalue weighted by Gasteiger charge is -2.14. The lowest BCUT2D eigenvalue weighted by Crippen LogP contribution is -2.42. The largest absolute Gasteiger partial charge is 0.383 e. The van der Waals surface area contributed by atoms with Crippen molar-refractivity contribution in [2.75, 3.05) is 20.3 Å². The molecule has 1 rings (SSSR count). The van der Waals surface area contributed by atoms with Crippen LogP contribution in [0.5, 0.6) is 0 Å². The van der Waals surface area contributed by atoms with Crippen molar-refractivity contribution < 1.29 is 9.53 Å². The third-order valence-electron chi connectivity index (χ3n) is 2.87. The zero-order valence-electron chi connectivity index (χ0n) is 10.00. The molecule has 0 bridgehead atoms. The van der Waals surface area contributed by atoms with Gasteiger partial charge in [0.05, 0.1) is 6.61 Å². The summed E-state index contributed by atoms with van der Waals surface area (Å²) in [5, 5.41) is 5.78. The Morgan fingerprint density at radius 1 is 1.50 bits per heavy atom. The van der Waals surface area contributed by atoms with Crippen molar-refractivity contribution in [3.8, 4) is 0 Å². The van der Waals surface area contributed by atoms with E-state index >= 15 is 0 Å². The summed E-state index contributed by atoms with van der Waals surface area (Å²) in [5.41, 5.74) is 5.74. The molecule has 5 heteroatoms. The minimum Gasteiger partial charge on any atom is -0.383 e. The highest BCUT2D eigenvalue weighted by Gasteiger charge is 2.16. The van der Waals surface area contributed by atoms with Crippen LogP contribution in [0.25, 0.3) is 0 Å².